The van der Waals surface area contributed by atoms with Gasteiger partial charge in [-0.25, -0.2) is 21.1 Å². The van der Waals surface area contributed by atoms with Crippen LogP contribution in [0.15, 0.2) is 58.3 Å². The minimum absolute atomic E-state index is 0.117. The minimum atomic E-state index is -3.64. The molecule has 1 heterocycles. The van der Waals surface area contributed by atoms with Gasteiger partial charge in [-0.15, -0.1) is 0 Å². The molecule has 0 aliphatic carbocycles. The molecule has 1 aliphatic rings. The summed E-state index contributed by atoms with van der Waals surface area (Å²) in [6, 6.07) is 10.9. The Morgan fingerprint density at radius 1 is 1.03 bits per heavy atom. The Bertz CT molecular complexity index is 1250. The van der Waals surface area contributed by atoms with Crippen molar-refractivity contribution in [3.8, 4) is 0 Å². The Morgan fingerprint density at radius 2 is 1.67 bits per heavy atom. The van der Waals surface area contributed by atoms with Crippen molar-refractivity contribution in [2.75, 3.05) is 45.7 Å². The normalized spacial score (nSPS) is 15.8. The van der Waals surface area contributed by atoms with Gasteiger partial charge < -0.3 is 10.1 Å². The van der Waals surface area contributed by atoms with Crippen molar-refractivity contribution >= 4 is 37.7 Å². The lowest BCUT2D eigenvalue weighted by atomic mass is 10.2. The van der Waals surface area contributed by atoms with Crippen molar-refractivity contribution in [2.24, 2.45) is 0 Å². The molecule has 0 spiro atoms. The summed E-state index contributed by atoms with van der Waals surface area (Å²) in [5, 5.41) is 2.65. The maximum absolute atomic E-state index is 12.7. The number of benzene rings is 2. The molecule has 0 aromatic heterocycles. The predicted octanol–water partition coefficient (Wildman–Crippen LogP) is 1.92. The van der Waals surface area contributed by atoms with Crippen LogP contribution in [0.1, 0.15) is 11.1 Å². The van der Waals surface area contributed by atoms with Gasteiger partial charge in [0.05, 0.1) is 23.0 Å². The van der Waals surface area contributed by atoms with E-state index < -0.39 is 26.0 Å². The van der Waals surface area contributed by atoms with Gasteiger partial charge in [0, 0.05) is 38.9 Å². The summed E-state index contributed by atoms with van der Waals surface area (Å²) in [6.45, 7) is 3.07. The molecule has 1 saturated heterocycles. The third-order valence-electron chi connectivity index (χ3n) is 5.13. The van der Waals surface area contributed by atoms with E-state index in [1.807, 2.05) is 0 Å². The van der Waals surface area contributed by atoms with E-state index in [9.17, 15) is 21.6 Å². The lowest BCUT2D eigenvalue weighted by Crippen LogP contribution is -2.40. The number of carbonyl (C=O) groups excluding carboxylic acids is 1. The molecule has 1 fully saturated rings. The fourth-order valence-electron chi connectivity index (χ4n) is 3.20. The number of hydrogen-bond donors (Lipinski definition) is 1. The van der Waals surface area contributed by atoms with E-state index in [2.05, 4.69) is 5.32 Å². The summed E-state index contributed by atoms with van der Waals surface area (Å²) < 4.78 is 58.0. The SMILES string of the molecule is Cc1ccc(NC(=O)/C=C/c2ccc(S(=O)(=O)N3CCOCC3)cc2)cc1S(=O)(=O)N(C)C. The van der Waals surface area contributed by atoms with Crippen LogP contribution in [0.25, 0.3) is 6.08 Å². The molecule has 1 amide bonds. The van der Waals surface area contributed by atoms with Crippen LogP contribution in [0, 0.1) is 6.92 Å². The first-order chi connectivity index (χ1) is 15.5. The lowest BCUT2D eigenvalue weighted by molar-refractivity contribution is -0.111. The molecule has 2 aromatic carbocycles. The summed E-state index contributed by atoms with van der Waals surface area (Å²) in [5.74, 6) is -0.447. The molecule has 0 atom stereocenters. The second-order valence-electron chi connectivity index (χ2n) is 7.68. The summed E-state index contributed by atoms with van der Waals surface area (Å²) in [4.78, 5) is 12.6. The molecular formula is C22H27N3O6S2. The highest BCUT2D eigenvalue weighted by Crippen LogP contribution is 2.23. The number of morpholine rings is 1. The van der Waals surface area contributed by atoms with E-state index in [0.29, 0.717) is 43.1 Å². The van der Waals surface area contributed by atoms with Gasteiger partial charge in [-0.2, -0.15) is 4.31 Å². The quantitative estimate of drug-likeness (QED) is 0.590. The van der Waals surface area contributed by atoms with E-state index in [1.54, 1.807) is 37.3 Å². The van der Waals surface area contributed by atoms with Crippen LogP contribution >= 0.6 is 0 Å². The average Bonchev–Trinajstić information content (AvgIpc) is 2.79. The van der Waals surface area contributed by atoms with Crippen molar-refractivity contribution < 1.29 is 26.4 Å². The fourth-order valence-corrected chi connectivity index (χ4v) is 5.75. The predicted molar refractivity (Wildman–Crippen MR) is 126 cm³/mol. The van der Waals surface area contributed by atoms with Crippen molar-refractivity contribution in [1.82, 2.24) is 8.61 Å². The highest BCUT2D eigenvalue weighted by Gasteiger charge is 2.26. The molecule has 1 aliphatic heterocycles. The zero-order valence-electron chi connectivity index (χ0n) is 18.7. The Hall–Kier alpha value is -2.57. The molecule has 178 valence electrons. The Kier molecular flexibility index (Phi) is 7.70. The van der Waals surface area contributed by atoms with Crippen LogP contribution in [-0.4, -0.2) is 71.8 Å². The number of carbonyl (C=O) groups is 1. The van der Waals surface area contributed by atoms with E-state index >= 15 is 0 Å². The standard InChI is InChI=1S/C22H27N3O6S2/c1-17-4-8-19(16-21(17)33(29,30)24(2)3)23-22(26)11-7-18-5-9-20(10-6-18)32(27,28)25-12-14-31-15-13-25/h4-11,16H,12-15H2,1-3H3,(H,23,26)/b11-7+. The summed E-state index contributed by atoms with van der Waals surface area (Å²) >= 11 is 0. The summed E-state index contributed by atoms with van der Waals surface area (Å²) in [6.07, 6.45) is 2.84. The van der Waals surface area contributed by atoms with Gasteiger partial charge in [-0.05, 0) is 48.4 Å². The van der Waals surface area contributed by atoms with Crippen molar-refractivity contribution in [2.45, 2.75) is 16.7 Å². The maximum atomic E-state index is 12.7. The second kappa shape index (κ2) is 10.1. The second-order valence-corrected chi connectivity index (χ2v) is 11.7. The van der Waals surface area contributed by atoms with Crippen LogP contribution in [0.2, 0.25) is 0 Å². The zero-order chi connectivity index (χ0) is 24.2. The molecule has 0 bridgehead atoms. The van der Waals surface area contributed by atoms with Gasteiger partial charge in [0.1, 0.15) is 0 Å². The third-order valence-corrected chi connectivity index (χ3v) is 9.00. The molecule has 0 radical (unpaired) electrons. The average molecular weight is 494 g/mol. The first kappa shape index (κ1) is 25.1. The Balaban J connectivity index is 1.69. The van der Waals surface area contributed by atoms with Crippen LogP contribution in [0.3, 0.4) is 0 Å². The lowest BCUT2D eigenvalue weighted by Gasteiger charge is -2.26. The van der Waals surface area contributed by atoms with Crippen LogP contribution in [0.5, 0.6) is 0 Å². The van der Waals surface area contributed by atoms with Gasteiger partial charge in [-0.3, -0.25) is 4.79 Å². The number of anilines is 1. The number of nitrogens with zero attached hydrogens (tertiary/aromatic N) is 2. The number of amides is 1. The molecule has 1 N–H and O–H groups in total. The molecular weight excluding hydrogens is 466 g/mol. The van der Waals surface area contributed by atoms with Crippen molar-refractivity contribution in [3.05, 3.63) is 59.7 Å². The van der Waals surface area contributed by atoms with Crippen LogP contribution in [-0.2, 0) is 29.6 Å². The molecule has 11 heteroatoms. The van der Waals surface area contributed by atoms with Gasteiger partial charge >= 0.3 is 0 Å². The highest BCUT2D eigenvalue weighted by molar-refractivity contribution is 7.89. The topological polar surface area (TPSA) is 113 Å². The number of ether oxygens (including phenoxy) is 1. The monoisotopic (exact) mass is 493 g/mol. The van der Waals surface area contributed by atoms with Crippen molar-refractivity contribution in [1.29, 1.82) is 0 Å². The highest BCUT2D eigenvalue weighted by atomic mass is 32.2. The molecule has 33 heavy (non-hydrogen) atoms. The first-order valence-electron chi connectivity index (χ1n) is 10.2. The van der Waals surface area contributed by atoms with Gasteiger partial charge in [0.15, 0.2) is 0 Å². The fraction of sp³-hybridized carbons (Fsp3) is 0.318. The molecule has 3 rings (SSSR count). The van der Waals surface area contributed by atoms with Crippen molar-refractivity contribution in [3.63, 3.8) is 0 Å². The van der Waals surface area contributed by atoms with E-state index in [0.717, 1.165) is 4.31 Å². The van der Waals surface area contributed by atoms with E-state index in [-0.39, 0.29) is 9.79 Å². The molecule has 2 aromatic rings. The summed E-state index contributed by atoms with van der Waals surface area (Å²) in [7, 11) is -4.33. The Morgan fingerprint density at radius 3 is 2.27 bits per heavy atom. The van der Waals surface area contributed by atoms with Gasteiger partial charge in [0.2, 0.25) is 26.0 Å². The number of rotatable bonds is 7. The van der Waals surface area contributed by atoms with Gasteiger partial charge in [0.25, 0.3) is 0 Å². The third kappa shape index (κ3) is 5.87. The molecule has 0 unspecified atom stereocenters. The summed E-state index contributed by atoms with van der Waals surface area (Å²) in [5.41, 5.74) is 1.57. The number of nitrogens with one attached hydrogen (secondary N) is 1. The first-order valence-corrected chi connectivity index (χ1v) is 13.1. The van der Waals surface area contributed by atoms with E-state index in [1.165, 1.54) is 42.7 Å². The largest absolute Gasteiger partial charge is 0.379 e. The number of aryl methyl sites for hydroxylation is 1. The zero-order valence-corrected chi connectivity index (χ0v) is 20.3. The minimum Gasteiger partial charge on any atom is -0.379 e. The number of sulfonamides is 2. The Labute approximate surface area is 194 Å². The van der Waals surface area contributed by atoms with Crippen LogP contribution in [0.4, 0.5) is 5.69 Å². The molecule has 0 saturated carbocycles. The van der Waals surface area contributed by atoms with Crippen LogP contribution < -0.4 is 5.32 Å². The smallest absolute Gasteiger partial charge is 0.248 e. The molecule has 9 nitrogen and oxygen atoms in total. The number of hydrogen-bond acceptors (Lipinski definition) is 6. The maximum Gasteiger partial charge on any atom is 0.248 e. The van der Waals surface area contributed by atoms with E-state index in [4.69, 9.17) is 4.74 Å². The van der Waals surface area contributed by atoms with Gasteiger partial charge in [-0.1, -0.05) is 18.2 Å².